The zero-order valence-electron chi connectivity index (χ0n) is 12.9. The smallest absolute Gasteiger partial charge is 0.0709 e. The van der Waals surface area contributed by atoms with Crippen LogP contribution in [0.1, 0.15) is 58.7 Å². The van der Waals surface area contributed by atoms with E-state index >= 15 is 0 Å². The van der Waals surface area contributed by atoms with Crippen LogP contribution < -0.4 is 5.32 Å². The molecule has 0 aromatic carbocycles. The molecule has 0 atom stereocenters. The van der Waals surface area contributed by atoms with E-state index < -0.39 is 0 Å². The molecule has 0 aliphatic heterocycles. The molecule has 0 amide bonds. The van der Waals surface area contributed by atoms with Gasteiger partial charge in [-0.05, 0) is 31.4 Å². The molecule has 0 fully saturated rings. The van der Waals surface area contributed by atoms with E-state index in [1.807, 2.05) is 11.7 Å². The van der Waals surface area contributed by atoms with E-state index in [9.17, 15) is 0 Å². The maximum absolute atomic E-state index is 4.61. The van der Waals surface area contributed by atoms with Crippen molar-refractivity contribution in [1.82, 2.24) is 15.1 Å². The van der Waals surface area contributed by atoms with Crippen molar-refractivity contribution in [3.05, 3.63) is 17.5 Å². The Morgan fingerprint density at radius 3 is 2.50 bits per heavy atom. The summed E-state index contributed by atoms with van der Waals surface area (Å²) in [5.41, 5.74) is 2.81. The molecular weight excluding hydrogens is 222 g/mol. The Bertz CT molecular complexity index is 358. The van der Waals surface area contributed by atoms with Gasteiger partial charge in [0, 0.05) is 24.7 Å². The van der Waals surface area contributed by atoms with Crippen molar-refractivity contribution >= 4 is 0 Å². The van der Waals surface area contributed by atoms with Gasteiger partial charge >= 0.3 is 0 Å². The van der Waals surface area contributed by atoms with Crippen LogP contribution in [0, 0.1) is 0 Å². The number of hydrogen-bond acceptors (Lipinski definition) is 2. The summed E-state index contributed by atoms with van der Waals surface area (Å²) in [7, 11) is 2.01. The topological polar surface area (TPSA) is 29.9 Å². The molecule has 0 bridgehead atoms. The Morgan fingerprint density at radius 1 is 1.28 bits per heavy atom. The summed E-state index contributed by atoms with van der Waals surface area (Å²) in [5, 5.41) is 8.07. The van der Waals surface area contributed by atoms with E-state index in [2.05, 4.69) is 51.2 Å². The molecule has 1 rings (SSSR count). The monoisotopic (exact) mass is 251 g/mol. The highest BCUT2D eigenvalue weighted by Crippen LogP contribution is 2.25. The summed E-state index contributed by atoms with van der Waals surface area (Å²) >= 11 is 0. The molecule has 1 aromatic rings. The first-order valence-corrected chi connectivity index (χ1v) is 7.07. The molecule has 1 N–H and O–H groups in total. The highest BCUT2D eigenvalue weighted by Gasteiger charge is 2.21. The summed E-state index contributed by atoms with van der Waals surface area (Å²) in [6, 6.07) is 0.591. The molecule has 1 heterocycles. The molecule has 0 unspecified atom stereocenters. The van der Waals surface area contributed by atoms with Crippen LogP contribution in [0.25, 0.3) is 0 Å². The van der Waals surface area contributed by atoms with Crippen LogP contribution in [0.5, 0.6) is 0 Å². The minimum atomic E-state index is 0.146. The number of rotatable bonds is 6. The molecule has 104 valence electrons. The first kappa shape index (κ1) is 15.2. The fraction of sp³-hybridized carbons (Fsp3) is 0.800. The van der Waals surface area contributed by atoms with Crippen molar-refractivity contribution in [2.24, 2.45) is 7.05 Å². The number of unbranched alkanes of at least 4 members (excludes halogenated alkanes) is 1. The molecule has 0 spiro atoms. The van der Waals surface area contributed by atoms with E-state index in [0.717, 1.165) is 13.0 Å². The Kier molecular flexibility index (Phi) is 5.39. The number of aryl methyl sites for hydroxylation is 2. The van der Waals surface area contributed by atoms with Crippen molar-refractivity contribution < 1.29 is 0 Å². The molecule has 18 heavy (non-hydrogen) atoms. The lowest BCUT2D eigenvalue weighted by molar-refractivity contribution is 0.539. The first-order valence-electron chi connectivity index (χ1n) is 7.07. The summed E-state index contributed by atoms with van der Waals surface area (Å²) in [6.07, 6.45) is 5.78. The van der Waals surface area contributed by atoms with Crippen LogP contribution in [0.4, 0.5) is 0 Å². The van der Waals surface area contributed by atoms with Gasteiger partial charge in [0.1, 0.15) is 0 Å². The normalized spacial score (nSPS) is 12.4. The number of nitrogens with one attached hydrogen (secondary N) is 1. The molecule has 3 heteroatoms. The maximum Gasteiger partial charge on any atom is 0.0709 e. The largest absolute Gasteiger partial charge is 0.315 e. The van der Waals surface area contributed by atoms with E-state index in [-0.39, 0.29) is 5.41 Å². The van der Waals surface area contributed by atoms with Gasteiger partial charge in [0.05, 0.1) is 5.69 Å². The maximum atomic E-state index is 4.61. The lowest BCUT2D eigenvalue weighted by Crippen LogP contribution is -2.23. The fourth-order valence-corrected chi connectivity index (χ4v) is 2.18. The van der Waals surface area contributed by atoms with Crippen LogP contribution in [-0.4, -0.2) is 22.4 Å². The minimum absolute atomic E-state index is 0.146. The third kappa shape index (κ3) is 4.81. The van der Waals surface area contributed by atoms with Crippen molar-refractivity contribution in [3.63, 3.8) is 0 Å². The average Bonchev–Trinajstić information content (AvgIpc) is 2.58. The molecule has 0 saturated heterocycles. The zero-order valence-corrected chi connectivity index (χ0v) is 12.9. The van der Waals surface area contributed by atoms with Gasteiger partial charge in [-0.2, -0.15) is 5.10 Å². The predicted octanol–water partition coefficient (Wildman–Crippen LogP) is 3.04. The van der Waals surface area contributed by atoms with Crippen molar-refractivity contribution in [1.29, 1.82) is 0 Å². The van der Waals surface area contributed by atoms with E-state index in [1.54, 1.807) is 0 Å². The second kappa shape index (κ2) is 6.37. The molecular formula is C15H29N3. The lowest BCUT2D eigenvalue weighted by Gasteiger charge is -2.17. The highest BCUT2D eigenvalue weighted by atomic mass is 15.3. The number of aromatic nitrogens is 2. The molecule has 0 saturated carbocycles. The fourth-order valence-electron chi connectivity index (χ4n) is 2.18. The summed E-state index contributed by atoms with van der Waals surface area (Å²) < 4.78 is 1.95. The Hall–Kier alpha value is -0.830. The highest BCUT2D eigenvalue weighted by molar-refractivity contribution is 5.24. The molecule has 0 aliphatic rings. The van der Waals surface area contributed by atoms with Crippen molar-refractivity contribution in [2.45, 2.75) is 65.3 Å². The van der Waals surface area contributed by atoms with Crippen LogP contribution in [0.2, 0.25) is 0 Å². The van der Waals surface area contributed by atoms with Crippen LogP contribution in [-0.2, 0) is 18.9 Å². The minimum Gasteiger partial charge on any atom is -0.315 e. The average molecular weight is 251 g/mol. The molecule has 0 radical (unpaired) electrons. The second-order valence-electron chi connectivity index (χ2n) is 6.49. The van der Waals surface area contributed by atoms with Gasteiger partial charge in [0.2, 0.25) is 0 Å². The van der Waals surface area contributed by atoms with Gasteiger partial charge in [-0.1, -0.05) is 34.6 Å². The second-order valence-corrected chi connectivity index (χ2v) is 6.49. The van der Waals surface area contributed by atoms with Gasteiger partial charge in [-0.3, -0.25) is 4.68 Å². The summed E-state index contributed by atoms with van der Waals surface area (Å²) in [6.45, 7) is 12.2. The summed E-state index contributed by atoms with van der Waals surface area (Å²) in [5.74, 6) is 0. The van der Waals surface area contributed by atoms with Crippen molar-refractivity contribution in [2.75, 3.05) is 6.54 Å². The molecule has 1 aromatic heterocycles. The summed E-state index contributed by atoms with van der Waals surface area (Å²) in [4.78, 5) is 0. The Balaban J connectivity index is 2.47. The van der Waals surface area contributed by atoms with Crippen LogP contribution in [0.15, 0.2) is 6.20 Å². The van der Waals surface area contributed by atoms with Crippen LogP contribution in [0.3, 0.4) is 0 Å². The predicted molar refractivity (Wildman–Crippen MR) is 78.0 cm³/mol. The first-order chi connectivity index (χ1) is 8.30. The Morgan fingerprint density at radius 2 is 1.94 bits per heavy atom. The van der Waals surface area contributed by atoms with Gasteiger partial charge in [-0.15, -0.1) is 0 Å². The van der Waals surface area contributed by atoms with E-state index in [4.69, 9.17) is 0 Å². The SMILES string of the molecule is CC(C)NCCCCc1cn(C)nc1C(C)(C)C. The van der Waals surface area contributed by atoms with Crippen molar-refractivity contribution in [3.8, 4) is 0 Å². The number of nitrogens with zero attached hydrogens (tertiary/aromatic N) is 2. The van der Waals surface area contributed by atoms with Crippen LogP contribution >= 0.6 is 0 Å². The van der Waals surface area contributed by atoms with Gasteiger partial charge in [-0.25, -0.2) is 0 Å². The standard InChI is InChI=1S/C15H29N3/c1-12(2)16-10-8-7-9-13-11-18(6)17-14(13)15(3,4)5/h11-12,16H,7-10H2,1-6H3. The third-order valence-corrected chi connectivity index (χ3v) is 3.04. The number of hydrogen-bond donors (Lipinski definition) is 1. The molecule has 3 nitrogen and oxygen atoms in total. The van der Waals surface area contributed by atoms with E-state index in [1.165, 1.54) is 24.1 Å². The Labute approximate surface area is 112 Å². The van der Waals surface area contributed by atoms with Gasteiger partial charge in [0.15, 0.2) is 0 Å². The van der Waals surface area contributed by atoms with Gasteiger partial charge < -0.3 is 5.32 Å². The quantitative estimate of drug-likeness (QED) is 0.788. The third-order valence-electron chi connectivity index (χ3n) is 3.04. The van der Waals surface area contributed by atoms with Gasteiger partial charge in [0.25, 0.3) is 0 Å². The molecule has 0 aliphatic carbocycles. The van der Waals surface area contributed by atoms with E-state index in [0.29, 0.717) is 6.04 Å². The lowest BCUT2D eigenvalue weighted by atomic mass is 9.88. The zero-order chi connectivity index (χ0) is 13.8.